The number of nitrogens with zero attached hydrogens (tertiary/aromatic N) is 1. The number of rotatable bonds is 5. The van der Waals surface area contributed by atoms with Gasteiger partial charge in [-0.1, -0.05) is 18.2 Å². The maximum Gasteiger partial charge on any atom is 0.0923 e. The zero-order chi connectivity index (χ0) is 11.3. The van der Waals surface area contributed by atoms with Gasteiger partial charge in [0, 0.05) is 24.7 Å². The number of benzene rings is 1. The highest BCUT2D eigenvalue weighted by atomic mass is 15.1. The van der Waals surface area contributed by atoms with Crippen LogP contribution in [0.1, 0.15) is 20.3 Å². The van der Waals surface area contributed by atoms with E-state index in [2.05, 4.69) is 30.9 Å². The van der Waals surface area contributed by atoms with Crippen molar-refractivity contribution in [2.24, 2.45) is 5.73 Å². The van der Waals surface area contributed by atoms with Gasteiger partial charge in [0.1, 0.15) is 0 Å². The normalized spacial score (nSPS) is 10.3. The molecule has 0 fully saturated rings. The summed E-state index contributed by atoms with van der Waals surface area (Å²) in [5, 5.41) is 7.24. The molecule has 0 amide bonds. The highest BCUT2D eigenvalue weighted by Crippen LogP contribution is 2.16. The number of para-hydroxylation sites is 1. The highest BCUT2D eigenvalue weighted by Gasteiger charge is 2.09. The van der Waals surface area contributed by atoms with Crippen molar-refractivity contribution in [3.05, 3.63) is 30.3 Å². The van der Waals surface area contributed by atoms with Crippen molar-refractivity contribution in [3.8, 4) is 0 Å². The topological polar surface area (TPSA) is 53.1 Å². The Balaban J connectivity index is 2.70. The summed E-state index contributed by atoms with van der Waals surface area (Å²) in [6.07, 6.45) is 0.618. The van der Waals surface area contributed by atoms with Gasteiger partial charge in [-0.05, 0) is 26.0 Å². The lowest BCUT2D eigenvalue weighted by molar-refractivity contribution is 0.689. The van der Waals surface area contributed by atoms with E-state index in [0.29, 0.717) is 12.5 Å². The second kappa shape index (κ2) is 5.39. The Kier molecular flexibility index (Phi) is 4.16. The summed E-state index contributed by atoms with van der Waals surface area (Å²) < 4.78 is 0. The molecule has 0 heterocycles. The average Bonchev–Trinajstić information content (AvgIpc) is 2.18. The van der Waals surface area contributed by atoms with Crippen molar-refractivity contribution in [2.75, 3.05) is 11.4 Å². The first-order chi connectivity index (χ1) is 7.11. The second-order valence-corrected chi connectivity index (χ2v) is 3.90. The van der Waals surface area contributed by atoms with Gasteiger partial charge in [0.25, 0.3) is 0 Å². The molecule has 0 radical (unpaired) electrons. The fraction of sp³-hybridized carbons (Fsp3) is 0.417. The Morgan fingerprint density at radius 2 is 1.93 bits per heavy atom. The minimum atomic E-state index is 0.247. The number of anilines is 1. The van der Waals surface area contributed by atoms with Crippen LogP contribution in [0.25, 0.3) is 0 Å². The van der Waals surface area contributed by atoms with E-state index in [9.17, 15) is 0 Å². The van der Waals surface area contributed by atoms with Gasteiger partial charge in [-0.3, -0.25) is 5.41 Å². The summed E-state index contributed by atoms with van der Waals surface area (Å²) in [6, 6.07) is 10.6. The summed E-state index contributed by atoms with van der Waals surface area (Å²) in [6.45, 7) is 5.09. The molecule has 3 heteroatoms. The molecule has 0 aliphatic heterocycles. The smallest absolute Gasteiger partial charge is 0.0923 e. The second-order valence-electron chi connectivity index (χ2n) is 3.90. The lowest BCUT2D eigenvalue weighted by atomic mass is 10.2. The van der Waals surface area contributed by atoms with E-state index in [1.807, 2.05) is 18.2 Å². The van der Waals surface area contributed by atoms with Gasteiger partial charge in [0.2, 0.25) is 0 Å². The Morgan fingerprint density at radius 3 is 2.40 bits per heavy atom. The summed E-state index contributed by atoms with van der Waals surface area (Å²) in [7, 11) is 0. The van der Waals surface area contributed by atoms with Crippen LogP contribution in [-0.2, 0) is 0 Å². The molecule has 0 bridgehead atoms. The van der Waals surface area contributed by atoms with Crippen LogP contribution in [0, 0.1) is 5.41 Å². The van der Waals surface area contributed by atoms with E-state index in [-0.39, 0.29) is 5.84 Å². The van der Waals surface area contributed by atoms with Crippen LogP contribution in [0.15, 0.2) is 30.3 Å². The molecular weight excluding hydrogens is 186 g/mol. The van der Waals surface area contributed by atoms with Crippen LogP contribution in [-0.4, -0.2) is 18.4 Å². The molecule has 1 aromatic rings. The zero-order valence-electron chi connectivity index (χ0n) is 9.40. The largest absolute Gasteiger partial charge is 0.388 e. The monoisotopic (exact) mass is 205 g/mol. The zero-order valence-corrected chi connectivity index (χ0v) is 9.40. The van der Waals surface area contributed by atoms with Crippen molar-refractivity contribution in [2.45, 2.75) is 26.3 Å². The summed E-state index contributed by atoms with van der Waals surface area (Å²) in [4.78, 5) is 2.25. The van der Waals surface area contributed by atoms with Crippen LogP contribution >= 0.6 is 0 Å². The van der Waals surface area contributed by atoms with Crippen LogP contribution in [0.2, 0.25) is 0 Å². The number of nitrogens with one attached hydrogen (secondary N) is 1. The van der Waals surface area contributed by atoms with Crippen molar-refractivity contribution < 1.29 is 0 Å². The summed E-state index contributed by atoms with van der Waals surface area (Å²) >= 11 is 0. The molecule has 0 aromatic heterocycles. The minimum Gasteiger partial charge on any atom is -0.388 e. The standard InChI is InChI=1S/C12H19N3/c1-10(2)15(9-8-12(13)14)11-6-4-3-5-7-11/h3-7,10H,8-9H2,1-2H3,(H3,13,14). The molecular formula is C12H19N3. The number of amidine groups is 1. The predicted molar refractivity (Wildman–Crippen MR) is 65.5 cm³/mol. The molecule has 15 heavy (non-hydrogen) atoms. The van der Waals surface area contributed by atoms with Crippen molar-refractivity contribution in [1.29, 1.82) is 5.41 Å². The summed E-state index contributed by atoms with van der Waals surface area (Å²) in [5.41, 5.74) is 6.56. The van der Waals surface area contributed by atoms with Gasteiger partial charge in [-0.2, -0.15) is 0 Å². The maximum atomic E-state index is 7.24. The first kappa shape index (κ1) is 11.6. The van der Waals surface area contributed by atoms with Crippen LogP contribution in [0.3, 0.4) is 0 Å². The lowest BCUT2D eigenvalue weighted by Crippen LogP contribution is -2.33. The lowest BCUT2D eigenvalue weighted by Gasteiger charge is -2.28. The van der Waals surface area contributed by atoms with Gasteiger partial charge in [0.05, 0.1) is 5.84 Å². The molecule has 0 atom stereocenters. The first-order valence-electron chi connectivity index (χ1n) is 5.26. The molecule has 0 aliphatic carbocycles. The molecule has 0 spiro atoms. The molecule has 0 saturated heterocycles. The van der Waals surface area contributed by atoms with Crippen LogP contribution in [0.4, 0.5) is 5.69 Å². The van der Waals surface area contributed by atoms with Crippen molar-refractivity contribution >= 4 is 11.5 Å². The van der Waals surface area contributed by atoms with E-state index in [4.69, 9.17) is 11.1 Å². The van der Waals surface area contributed by atoms with E-state index in [1.54, 1.807) is 0 Å². The van der Waals surface area contributed by atoms with Crippen molar-refractivity contribution in [3.63, 3.8) is 0 Å². The number of hydrogen-bond acceptors (Lipinski definition) is 2. The van der Waals surface area contributed by atoms with Gasteiger partial charge in [0.15, 0.2) is 0 Å². The van der Waals surface area contributed by atoms with Crippen LogP contribution in [0.5, 0.6) is 0 Å². The molecule has 82 valence electrons. The first-order valence-corrected chi connectivity index (χ1v) is 5.26. The third-order valence-electron chi connectivity index (χ3n) is 2.33. The molecule has 1 aromatic carbocycles. The fourth-order valence-corrected chi connectivity index (χ4v) is 1.55. The molecule has 1 rings (SSSR count). The maximum absolute atomic E-state index is 7.24. The van der Waals surface area contributed by atoms with E-state index in [0.717, 1.165) is 6.54 Å². The predicted octanol–water partition coefficient (Wildman–Crippen LogP) is 2.23. The Labute approximate surface area is 91.4 Å². The van der Waals surface area contributed by atoms with Crippen molar-refractivity contribution in [1.82, 2.24) is 0 Å². The minimum absolute atomic E-state index is 0.247. The summed E-state index contributed by atoms with van der Waals surface area (Å²) in [5.74, 6) is 0.247. The van der Waals surface area contributed by atoms with E-state index < -0.39 is 0 Å². The highest BCUT2D eigenvalue weighted by molar-refractivity contribution is 5.77. The fourth-order valence-electron chi connectivity index (χ4n) is 1.55. The van der Waals surface area contributed by atoms with Gasteiger partial charge in [-0.25, -0.2) is 0 Å². The average molecular weight is 205 g/mol. The Morgan fingerprint density at radius 1 is 1.33 bits per heavy atom. The molecule has 3 N–H and O–H groups in total. The van der Waals surface area contributed by atoms with Gasteiger partial charge in [-0.15, -0.1) is 0 Å². The Bertz CT molecular complexity index is 306. The van der Waals surface area contributed by atoms with E-state index in [1.165, 1.54) is 5.69 Å². The molecule has 3 nitrogen and oxygen atoms in total. The molecule has 0 aliphatic rings. The SMILES string of the molecule is CC(C)N(CCC(=N)N)c1ccccc1. The van der Waals surface area contributed by atoms with E-state index >= 15 is 0 Å². The quantitative estimate of drug-likeness (QED) is 0.572. The third-order valence-corrected chi connectivity index (χ3v) is 2.33. The third kappa shape index (κ3) is 3.62. The number of nitrogens with two attached hydrogens (primary N) is 1. The van der Waals surface area contributed by atoms with Gasteiger partial charge >= 0.3 is 0 Å². The number of hydrogen-bond donors (Lipinski definition) is 2. The molecule has 0 saturated carbocycles. The van der Waals surface area contributed by atoms with Crippen LogP contribution < -0.4 is 10.6 Å². The Hall–Kier alpha value is -1.51. The molecule has 0 unspecified atom stereocenters. The van der Waals surface area contributed by atoms with Gasteiger partial charge < -0.3 is 10.6 Å².